The van der Waals surface area contributed by atoms with Crippen LogP contribution >= 0.6 is 15.9 Å². The van der Waals surface area contributed by atoms with Crippen LogP contribution in [0.25, 0.3) is 0 Å². The molecule has 0 bridgehead atoms. The average molecular weight is 306 g/mol. The predicted molar refractivity (Wildman–Crippen MR) is 77.8 cm³/mol. The van der Waals surface area contributed by atoms with Gasteiger partial charge in [0.1, 0.15) is 5.75 Å². The fourth-order valence-electron chi connectivity index (χ4n) is 2.03. The van der Waals surface area contributed by atoms with Gasteiger partial charge in [-0.15, -0.1) is 0 Å². The van der Waals surface area contributed by atoms with Crippen LogP contribution in [0.1, 0.15) is 18.1 Å². The standard InChI is InChI=1S/C15H16BrNO/c1-15(17,11-7-9-12(16)10-8-11)13-5-3-4-6-14(13)18-2/h3-10H,17H2,1-2H3. The van der Waals surface area contributed by atoms with E-state index in [-0.39, 0.29) is 0 Å². The Kier molecular flexibility index (Phi) is 3.73. The van der Waals surface area contributed by atoms with Gasteiger partial charge in [-0.3, -0.25) is 0 Å². The van der Waals surface area contributed by atoms with Gasteiger partial charge < -0.3 is 10.5 Å². The zero-order valence-electron chi connectivity index (χ0n) is 10.5. The number of halogens is 1. The number of hydrogen-bond donors (Lipinski definition) is 1. The van der Waals surface area contributed by atoms with Gasteiger partial charge in [0.05, 0.1) is 12.6 Å². The molecule has 18 heavy (non-hydrogen) atoms. The minimum atomic E-state index is -0.576. The molecule has 0 aliphatic rings. The van der Waals surface area contributed by atoms with Crippen LogP contribution in [-0.4, -0.2) is 7.11 Å². The lowest BCUT2D eigenvalue weighted by Gasteiger charge is -2.27. The van der Waals surface area contributed by atoms with E-state index in [1.54, 1.807) is 7.11 Å². The lowest BCUT2D eigenvalue weighted by atomic mass is 9.85. The molecule has 1 atom stereocenters. The highest BCUT2D eigenvalue weighted by atomic mass is 79.9. The van der Waals surface area contributed by atoms with Gasteiger partial charge in [0, 0.05) is 10.0 Å². The van der Waals surface area contributed by atoms with Crippen molar-refractivity contribution >= 4 is 15.9 Å². The van der Waals surface area contributed by atoms with Gasteiger partial charge in [-0.05, 0) is 30.7 Å². The highest BCUT2D eigenvalue weighted by molar-refractivity contribution is 9.10. The first-order valence-corrected chi connectivity index (χ1v) is 6.53. The first-order chi connectivity index (χ1) is 8.55. The van der Waals surface area contributed by atoms with E-state index < -0.39 is 5.54 Å². The molecule has 2 rings (SSSR count). The van der Waals surface area contributed by atoms with E-state index in [2.05, 4.69) is 15.9 Å². The lowest BCUT2D eigenvalue weighted by Crippen LogP contribution is -2.34. The molecule has 0 heterocycles. The van der Waals surface area contributed by atoms with E-state index in [4.69, 9.17) is 10.5 Å². The largest absolute Gasteiger partial charge is 0.496 e. The summed E-state index contributed by atoms with van der Waals surface area (Å²) in [5, 5.41) is 0. The van der Waals surface area contributed by atoms with Gasteiger partial charge in [0.15, 0.2) is 0 Å². The maximum absolute atomic E-state index is 6.49. The molecular weight excluding hydrogens is 290 g/mol. The van der Waals surface area contributed by atoms with Crippen molar-refractivity contribution in [3.63, 3.8) is 0 Å². The molecule has 0 saturated heterocycles. The number of rotatable bonds is 3. The molecule has 0 aliphatic heterocycles. The number of ether oxygens (including phenoxy) is 1. The van der Waals surface area contributed by atoms with Crippen LogP contribution in [0.3, 0.4) is 0 Å². The minimum absolute atomic E-state index is 0.576. The molecule has 1 unspecified atom stereocenters. The topological polar surface area (TPSA) is 35.2 Å². The van der Waals surface area contributed by atoms with Crippen molar-refractivity contribution in [1.29, 1.82) is 0 Å². The zero-order chi connectivity index (χ0) is 13.2. The SMILES string of the molecule is COc1ccccc1C(C)(N)c1ccc(Br)cc1. The van der Waals surface area contributed by atoms with E-state index >= 15 is 0 Å². The Morgan fingerprint density at radius 2 is 1.67 bits per heavy atom. The monoisotopic (exact) mass is 305 g/mol. The van der Waals surface area contributed by atoms with Crippen LogP contribution in [0.2, 0.25) is 0 Å². The molecule has 0 fully saturated rings. The molecule has 0 aromatic heterocycles. The Balaban J connectivity index is 2.50. The van der Waals surface area contributed by atoms with Crippen LogP contribution in [0.15, 0.2) is 53.0 Å². The third kappa shape index (κ3) is 2.42. The molecule has 2 aromatic carbocycles. The molecule has 0 amide bonds. The smallest absolute Gasteiger partial charge is 0.124 e. The Morgan fingerprint density at radius 3 is 2.28 bits per heavy atom. The highest BCUT2D eigenvalue weighted by Gasteiger charge is 2.26. The Labute approximate surface area is 116 Å². The Hall–Kier alpha value is -1.32. The number of hydrogen-bond acceptors (Lipinski definition) is 2. The molecule has 94 valence electrons. The van der Waals surface area contributed by atoms with Crippen molar-refractivity contribution in [1.82, 2.24) is 0 Å². The quantitative estimate of drug-likeness (QED) is 0.939. The second-order valence-corrected chi connectivity index (χ2v) is 5.33. The van der Waals surface area contributed by atoms with Crippen molar-refractivity contribution in [2.45, 2.75) is 12.5 Å². The molecule has 3 heteroatoms. The fourth-order valence-corrected chi connectivity index (χ4v) is 2.29. The fraction of sp³-hybridized carbons (Fsp3) is 0.200. The number of methoxy groups -OCH3 is 1. The van der Waals surface area contributed by atoms with Gasteiger partial charge in [-0.1, -0.05) is 46.3 Å². The number of benzene rings is 2. The molecule has 2 aromatic rings. The van der Waals surface area contributed by atoms with Gasteiger partial charge in [0.25, 0.3) is 0 Å². The third-order valence-corrected chi connectivity index (χ3v) is 3.64. The van der Waals surface area contributed by atoms with Crippen LogP contribution in [0.4, 0.5) is 0 Å². The van der Waals surface area contributed by atoms with Crippen molar-refractivity contribution < 1.29 is 4.74 Å². The normalized spacial score (nSPS) is 14.0. The second kappa shape index (κ2) is 5.12. The summed E-state index contributed by atoms with van der Waals surface area (Å²) in [4.78, 5) is 0. The van der Waals surface area contributed by atoms with E-state index in [9.17, 15) is 0 Å². The van der Waals surface area contributed by atoms with E-state index in [1.165, 1.54) is 0 Å². The van der Waals surface area contributed by atoms with Crippen molar-refractivity contribution in [2.24, 2.45) is 5.73 Å². The first kappa shape index (κ1) is 13.1. The second-order valence-electron chi connectivity index (χ2n) is 4.41. The van der Waals surface area contributed by atoms with Gasteiger partial charge in [0.2, 0.25) is 0 Å². The summed E-state index contributed by atoms with van der Waals surface area (Å²) in [5.41, 5.74) is 7.95. The van der Waals surface area contributed by atoms with Gasteiger partial charge in [-0.25, -0.2) is 0 Å². The summed E-state index contributed by atoms with van der Waals surface area (Å²) in [7, 11) is 1.66. The summed E-state index contributed by atoms with van der Waals surface area (Å²) >= 11 is 3.43. The number of nitrogens with two attached hydrogens (primary N) is 1. The van der Waals surface area contributed by atoms with Gasteiger partial charge >= 0.3 is 0 Å². The van der Waals surface area contributed by atoms with E-state index in [0.29, 0.717) is 0 Å². The van der Waals surface area contributed by atoms with Crippen LogP contribution in [0, 0.1) is 0 Å². The average Bonchev–Trinajstić information content (AvgIpc) is 2.39. The Morgan fingerprint density at radius 1 is 1.06 bits per heavy atom. The van der Waals surface area contributed by atoms with Crippen LogP contribution in [0.5, 0.6) is 5.75 Å². The highest BCUT2D eigenvalue weighted by Crippen LogP contribution is 2.33. The molecular formula is C15H16BrNO. The van der Waals surface area contributed by atoms with E-state index in [0.717, 1.165) is 21.3 Å². The van der Waals surface area contributed by atoms with Crippen LogP contribution in [-0.2, 0) is 5.54 Å². The van der Waals surface area contributed by atoms with Crippen LogP contribution < -0.4 is 10.5 Å². The number of para-hydroxylation sites is 1. The zero-order valence-corrected chi connectivity index (χ0v) is 12.1. The molecule has 2 nitrogen and oxygen atoms in total. The molecule has 0 aliphatic carbocycles. The summed E-state index contributed by atoms with van der Waals surface area (Å²) < 4.78 is 6.43. The summed E-state index contributed by atoms with van der Waals surface area (Å²) in [6.45, 7) is 1.99. The predicted octanol–water partition coefficient (Wildman–Crippen LogP) is 3.68. The Bertz CT molecular complexity index is 534. The molecule has 2 N–H and O–H groups in total. The minimum Gasteiger partial charge on any atom is -0.496 e. The van der Waals surface area contributed by atoms with Crippen molar-refractivity contribution in [3.8, 4) is 5.75 Å². The van der Waals surface area contributed by atoms with E-state index in [1.807, 2.05) is 55.5 Å². The van der Waals surface area contributed by atoms with Gasteiger partial charge in [-0.2, -0.15) is 0 Å². The third-order valence-electron chi connectivity index (χ3n) is 3.11. The molecule has 0 saturated carbocycles. The summed E-state index contributed by atoms with van der Waals surface area (Å²) in [6.07, 6.45) is 0. The van der Waals surface area contributed by atoms with Crippen molar-refractivity contribution in [2.75, 3.05) is 7.11 Å². The van der Waals surface area contributed by atoms with Crippen molar-refractivity contribution in [3.05, 3.63) is 64.1 Å². The maximum Gasteiger partial charge on any atom is 0.124 e. The molecule has 0 radical (unpaired) electrons. The summed E-state index contributed by atoms with van der Waals surface area (Å²) in [6, 6.07) is 15.9. The first-order valence-electron chi connectivity index (χ1n) is 5.74. The summed E-state index contributed by atoms with van der Waals surface area (Å²) in [5.74, 6) is 0.811. The lowest BCUT2D eigenvalue weighted by molar-refractivity contribution is 0.399. The maximum atomic E-state index is 6.49. The molecule has 0 spiro atoms.